The van der Waals surface area contributed by atoms with E-state index >= 15 is 0 Å². The van der Waals surface area contributed by atoms with Gasteiger partial charge in [0.15, 0.2) is 0 Å². The van der Waals surface area contributed by atoms with Crippen molar-refractivity contribution in [2.75, 3.05) is 0 Å². The SMILES string of the molecule is CC(C)(C)C=CC=CC(C)(C)C.CCCC(C)(C)P(=NC1=CC=CC1)(C(C)(C)CCC)C(C)(C)CCC.[Ti]. The third-order valence-electron chi connectivity index (χ3n) is 7.55. The Morgan fingerprint density at radius 2 is 1.00 bits per heavy atom. The van der Waals surface area contributed by atoms with Gasteiger partial charge in [-0.25, -0.2) is 0 Å². The Kier molecular flexibility index (Phi) is 17.3. The summed E-state index contributed by atoms with van der Waals surface area (Å²) in [4.78, 5) is 0. The predicted octanol–water partition coefficient (Wildman–Crippen LogP) is 13.0. The van der Waals surface area contributed by atoms with E-state index in [1.165, 1.54) is 44.2 Å². The molecule has 1 rings (SSSR count). The summed E-state index contributed by atoms with van der Waals surface area (Å²) < 4.78 is 5.79. The molecule has 1 aliphatic rings. The van der Waals surface area contributed by atoms with Crippen LogP contribution in [0.3, 0.4) is 0 Å². The zero-order valence-electron chi connectivity index (χ0n) is 28.4. The van der Waals surface area contributed by atoms with Gasteiger partial charge < -0.3 is 0 Å². The normalized spacial score (nSPS) is 15.4. The molecule has 1 aliphatic carbocycles. The summed E-state index contributed by atoms with van der Waals surface area (Å²) >= 11 is 0. The first-order valence-corrected chi connectivity index (χ1v) is 16.8. The van der Waals surface area contributed by atoms with E-state index in [1.54, 1.807) is 0 Å². The maximum Gasteiger partial charge on any atom is 0.0425 e. The summed E-state index contributed by atoms with van der Waals surface area (Å²) in [5, 5.41) is 0.799. The summed E-state index contributed by atoms with van der Waals surface area (Å²) in [6.45, 7) is 35.4. The molecule has 1 nitrogen and oxygen atoms in total. The van der Waals surface area contributed by atoms with Crippen molar-refractivity contribution in [3.63, 3.8) is 0 Å². The standard InChI is InChI=1S/C23H44NP.C12H22.Ti/c1-10-17-21(4,5)25(22(6,7)18-11-2,23(8,9)19-12-3)24-20-15-13-14-16-20;1-11(2,3)9-7-8-10-12(4,5)6;/h13-15H,10-12,16-19H2,1-9H3;7-10H,1-6H3;. The van der Waals surface area contributed by atoms with Crippen LogP contribution in [0.2, 0.25) is 0 Å². The van der Waals surface area contributed by atoms with Gasteiger partial charge in [0.1, 0.15) is 0 Å². The van der Waals surface area contributed by atoms with E-state index in [1.807, 2.05) is 0 Å². The van der Waals surface area contributed by atoms with Gasteiger partial charge >= 0.3 is 0 Å². The van der Waals surface area contributed by atoms with Crippen LogP contribution in [0.25, 0.3) is 0 Å². The van der Waals surface area contributed by atoms with E-state index in [0.29, 0.717) is 10.8 Å². The van der Waals surface area contributed by atoms with E-state index in [4.69, 9.17) is 4.74 Å². The molecule has 0 fully saturated rings. The second-order valence-electron chi connectivity index (χ2n) is 15.2. The van der Waals surface area contributed by atoms with Crippen LogP contribution in [0.1, 0.15) is 149 Å². The number of nitrogens with zero attached hydrogens (tertiary/aromatic N) is 1. The molecule has 0 amide bonds. The molecular formula is C35H66NPTi. The van der Waals surface area contributed by atoms with Gasteiger partial charge in [-0.1, -0.05) is 160 Å². The molecule has 0 saturated heterocycles. The van der Waals surface area contributed by atoms with Crippen molar-refractivity contribution >= 4 is 7.05 Å². The van der Waals surface area contributed by atoms with Gasteiger partial charge in [0.2, 0.25) is 0 Å². The van der Waals surface area contributed by atoms with Crippen molar-refractivity contribution in [2.45, 2.75) is 164 Å². The monoisotopic (exact) mass is 579 g/mol. The Bertz CT molecular complexity index is 777. The molecule has 0 radical (unpaired) electrons. The average Bonchev–Trinajstić information content (AvgIpc) is 3.21. The zero-order valence-corrected chi connectivity index (χ0v) is 30.8. The van der Waals surface area contributed by atoms with Gasteiger partial charge in [0.25, 0.3) is 0 Å². The van der Waals surface area contributed by atoms with Gasteiger partial charge in [-0.2, -0.15) is 0 Å². The van der Waals surface area contributed by atoms with Crippen LogP contribution < -0.4 is 0 Å². The smallest absolute Gasteiger partial charge is 0.0425 e. The number of hydrogen-bond donors (Lipinski definition) is 0. The molecule has 0 atom stereocenters. The number of hydrogen-bond acceptors (Lipinski definition) is 1. The van der Waals surface area contributed by atoms with Gasteiger partial charge in [0.05, 0.1) is 0 Å². The molecule has 220 valence electrons. The Labute approximate surface area is 255 Å². The molecule has 0 unspecified atom stereocenters. The van der Waals surface area contributed by atoms with Crippen molar-refractivity contribution < 1.29 is 21.7 Å². The molecule has 0 aromatic heterocycles. The Morgan fingerprint density at radius 3 is 1.24 bits per heavy atom. The largest absolute Gasteiger partial charge is 0.270 e. The van der Waals surface area contributed by atoms with Crippen LogP contribution in [0, 0.1) is 10.8 Å². The minimum atomic E-state index is -1.69. The minimum absolute atomic E-state index is 0. The third kappa shape index (κ3) is 12.2. The topological polar surface area (TPSA) is 12.4 Å². The summed E-state index contributed by atoms with van der Waals surface area (Å²) in [5.41, 5.74) is 1.91. The molecule has 0 aliphatic heterocycles. The Hall–Kier alpha value is -0.0957. The minimum Gasteiger partial charge on any atom is -0.270 e. The fourth-order valence-electron chi connectivity index (χ4n) is 6.58. The predicted molar refractivity (Wildman–Crippen MR) is 175 cm³/mol. The van der Waals surface area contributed by atoms with E-state index in [0.717, 1.165) is 6.42 Å². The first-order chi connectivity index (χ1) is 16.7. The van der Waals surface area contributed by atoms with Crippen molar-refractivity contribution in [3.05, 3.63) is 48.2 Å². The van der Waals surface area contributed by atoms with Gasteiger partial charge in [-0.05, 0) is 43.2 Å². The van der Waals surface area contributed by atoms with Gasteiger partial charge in [0, 0.05) is 49.3 Å². The van der Waals surface area contributed by atoms with Crippen LogP contribution in [-0.2, 0) is 21.7 Å². The second-order valence-corrected chi connectivity index (χ2v) is 20.3. The van der Waals surface area contributed by atoms with Gasteiger partial charge in [-0.3, -0.25) is 4.74 Å². The molecule has 0 saturated carbocycles. The number of rotatable bonds is 11. The molecule has 0 aromatic rings. The summed E-state index contributed by atoms with van der Waals surface area (Å²) in [7, 11) is -1.69. The van der Waals surface area contributed by atoms with Crippen molar-refractivity contribution in [1.82, 2.24) is 0 Å². The fraction of sp³-hybridized carbons (Fsp3) is 0.771. The quantitative estimate of drug-likeness (QED) is 0.131. The molecular weight excluding hydrogens is 513 g/mol. The summed E-state index contributed by atoms with van der Waals surface area (Å²) in [6, 6.07) is 0. The molecule has 0 heterocycles. The van der Waals surface area contributed by atoms with Crippen LogP contribution in [-0.4, -0.2) is 15.5 Å². The van der Waals surface area contributed by atoms with Crippen molar-refractivity contribution in [3.8, 4) is 0 Å². The average molecular weight is 580 g/mol. The maximum atomic E-state index is 5.79. The first kappa shape index (κ1) is 40.0. The van der Waals surface area contributed by atoms with Crippen LogP contribution in [0.5, 0.6) is 0 Å². The Balaban J connectivity index is 0. The fourth-order valence-corrected chi connectivity index (χ4v) is 14.5. The Morgan fingerprint density at radius 1 is 0.658 bits per heavy atom. The van der Waals surface area contributed by atoms with E-state index < -0.39 is 7.05 Å². The van der Waals surface area contributed by atoms with Crippen LogP contribution in [0.4, 0.5) is 0 Å². The first-order valence-electron chi connectivity index (χ1n) is 15.1. The van der Waals surface area contributed by atoms with E-state index in [2.05, 4.69) is 146 Å². The number of allylic oxidation sites excluding steroid dienone is 7. The molecule has 0 aromatic carbocycles. The molecule has 0 spiro atoms. The van der Waals surface area contributed by atoms with E-state index in [9.17, 15) is 0 Å². The van der Waals surface area contributed by atoms with Crippen LogP contribution in [0.15, 0.2) is 53.0 Å². The summed E-state index contributed by atoms with van der Waals surface area (Å²) in [6.07, 6.45) is 24.0. The van der Waals surface area contributed by atoms with E-state index in [-0.39, 0.29) is 37.2 Å². The van der Waals surface area contributed by atoms with Crippen LogP contribution >= 0.6 is 7.05 Å². The molecule has 3 heteroatoms. The third-order valence-corrected chi connectivity index (χ3v) is 14.0. The molecule has 0 bridgehead atoms. The molecule has 38 heavy (non-hydrogen) atoms. The van der Waals surface area contributed by atoms with Crippen molar-refractivity contribution in [2.24, 2.45) is 15.6 Å². The zero-order chi connectivity index (χ0) is 29.2. The maximum absolute atomic E-state index is 5.79. The van der Waals surface area contributed by atoms with Crippen molar-refractivity contribution in [1.29, 1.82) is 0 Å². The molecule has 0 N–H and O–H groups in total. The van der Waals surface area contributed by atoms with Gasteiger partial charge in [-0.15, -0.1) is 0 Å². The summed E-state index contributed by atoms with van der Waals surface area (Å²) in [5.74, 6) is 0. The second kappa shape index (κ2) is 16.4.